The van der Waals surface area contributed by atoms with Crippen LogP contribution in [0.15, 0.2) is 18.0 Å². The number of rotatable bonds is 6. The van der Waals surface area contributed by atoms with E-state index >= 15 is 0 Å². The normalized spacial score (nSPS) is 13.4. The molecule has 0 radical (unpaired) electrons. The van der Waals surface area contributed by atoms with Gasteiger partial charge in [0.05, 0.1) is 12.2 Å². The second-order valence-electron chi connectivity index (χ2n) is 5.04. The van der Waals surface area contributed by atoms with Crippen molar-refractivity contribution in [1.29, 1.82) is 0 Å². The van der Waals surface area contributed by atoms with E-state index in [2.05, 4.69) is 6.58 Å². The Bertz CT molecular complexity index is 536. The van der Waals surface area contributed by atoms with Gasteiger partial charge >= 0.3 is 5.97 Å². The van der Waals surface area contributed by atoms with Gasteiger partial charge in [-0.05, 0) is 38.2 Å². The Morgan fingerprint density at radius 3 is 2.90 bits per heavy atom. The van der Waals surface area contributed by atoms with E-state index in [1.807, 2.05) is 5.38 Å². The van der Waals surface area contributed by atoms with E-state index in [0.717, 1.165) is 24.8 Å². The Labute approximate surface area is 129 Å². The minimum absolute atomic E-state index is 0.0245. The summed E-state index contributed by atoms with van der Waals surface area (Å²) in [5, 5.41) is 1.93. The molecule has 1 heterocycles. The average Bonchev–Trinajstić information content (AvgIpc) is 2.90. The van der Waals surface area contributed by atoms with Crippen molar-refractivity contribution >= 4 is 23.2 Å². The van der Waals surface area contributed by atoms with Crippen LogP contribution < -0.4 is 0 Å². The number of esters is 1. The number of ether oxygens (including phenoxy) is 1. The lowest BCUT2D eigenvalue weighted by Gasteiger charge is -2.21. The summed E-state index contributed by atoms with van der Waals surface area (Å²) >= 11 is 1.66. The molecule has 0 atom stereocenters. The second-order valence-corrected chi connectivity index (χ2v) is 6.00. The zero-order valence-corrected chi connectivity index (χ0v) is 13.2. The fourth-order valence-corrected chi connectivity index (χ4v) is 3.70. The predicted octanol–water partition coefficient (Wildman–Crippen LogP) is 2.82. The van der Waals surface area contributed by atoms with E-state index in [4.69, 9.17) is 4.74 Å². The van der Waals surface area contributed by atoms with E-state index < -0.39 is 0 Å². The maximum Gasteiger partial charge on any atom is 0.325 e. The Morgan fingerprint density at radius 1 is 1.43 bits per heavy atom. The fourth-order valence-electron chi connectivity index (χ4n) is 2.58. The minimum atomic E-state index is -0.378. The van der Waals surface area contributed by atoms with Crippen LogP contribution in [0.5, 0.6) is 0 Å². The summed E-state index contributed by atoms with van der Waals surface area (Å²) in [6.45, 7) is 6.07. The molecule has 0 saturated carbocycles. The number of hydrogen-bond acceptors (Lipinski definition) is 4. The highest BCUT2D eigenvalue weighted by molar-refractivity contribution is 7.10. The number of amides is 1. The van der Waals surface area contributed by atoms with Crippen LogP contribution in [0.3, 0.4) is 0 Å². The van der Waals surface area contributed by atoms with E-state index in [1.54, 1.807) is 24.3 Å². The first-order valence-corrected chi connectivity index (χ1v) is 8.20. The van der Waals surface area contributed by atoms with Gasteiger partial charge in [0.15, 0.2) is 0 Å². The summed E-state index contributed by atoms with van der Waals surface area (Å²) in [7, 11) is 0. The molecule has 114 valence electrons. The molecule has 21 heavy (non-hydrogen) atoms. The summed E-state index contributed by atoms with van der Waals surface area (Å²) in [5.74, 6) is -0.473. The first-order chi connectivity index (χ1) is 10.2. The topological polar surface area (TPSA) is 46.6 Å². The zero-order chi connectivity index (χ0) is 15.2. The van der Waals surface area contributed by atoms with Crippen LogP contribution in [-0.4, -0.2) is 36.5 Å². The molecule has 0 unspecified atom stereocenters. The molecule has 0 saturated heterocycles. The molecule has 1 amide bonds. The van der Waals surface area contributed by atoms with Crippen molar-refractivity contribution in [2.24, 2.45) is 0 Å². The van der Waals surface area contributed by atoms with Gasteiger partial charge in [-0.25, -0.2) is 0 Å². The number of carbonyl (C=O) groups excluding carboxylic acids is 2. The lowest BCUT2D eigenvalue weighted by Crippen LogP contribution is -2.37. The number of hydrogen-bond donors (Lipinski definition) is 0. The summed E-state index contributed by atoms with van der Waals surface area (Å²) < 4.78 is 4.93. The van der Waals surface area contributed by atoms with Crippen LogP contribution in [0.4, 0.5) is 0 Å². The highest BCUT2D eigenvalue weighted by Gasteiger charge is 2.25. The molecule has 0 bridgehead atoms. The lowest BCUT2D eigenvalue weighted by molar-refractivity contribution is -0.143. The molecular formula is C16H21NO3S. The molecule has 0 aromatic carbocycles. The maximum absolute atomic E-state index is 12.7. The largest absolute Gasteiger partial charge is 0.465 e. The SMILES string of the molecule is C=CCN(CC(=O)OCC)C(=O)c1csc2c1CCCC2. The van der Waals surface area contributed by atoms with Gasteiger partial charge in [-0.1, -0.05) is 6.08 Å². The number of carbonyl (C=O) groups is 2. The molecule has 1 aliphatic carbocycles. The monoisotopic (exact) mass is 307 g/mol. The smallest absolute Gasteiger partial charge is 0.325 e. The van der Waals surface area contributed by atoms with Crippen molar-refractivity contribution in [2.75, 3.05) is 19.7 Å². The van der Waals surface area contributed by atoms with Gasteiger partial charge in [-0.3, -0.25) is 9.59 Å². The molecular weight excluding hydrogens is 286 g/mol. The first-order valence-electron chi connectivity index (χ1n) is 7.32. The van der Waals surface area contributed by atoms with E-state index in [-0.39, 0.29) is 18.4 Å². The third kappa shape index (κ3) is 3.73. The molecule has 1 aliphatic rings. The van der Waals surface area contributed by atoms with Crippen molar-refractivity contribution in [2.45, 2.75) is 32.6 Å². The summed E-state index contributed by atoms with van der Waals surface area (Å²) in [6.07, 6.45) is 5.98. The molecule has 5 heteroatoms. The Balaban J connectivity index is 2.16. The Morgan fingerprint density at radius 2 is 2.19 bits per heavy atom. The van der Waals surface area contributed by atoms with Crippen LogP contribution in [0.2, 0.25) is 0 Å². The third-order valence-corrected chi connectivity index (χ3v) is 4.64. The van der Waals surface area contributed by atoms with E-state index in [9.17, 15) is 9.59 Å². The van der Waals surface area contributed by atoms with Crippen LogP contribution in [0.25, 0.3) is 0 Å². The zero-order valence-electron chi connectivity index (χ0n) is 12.4. The number of thiophene rings is 1. The predicted molar refractivity (Wildman–Crippen MR) is 83.7 cm³/mol. The highest BCUT2D eigenvalue weighted by atomic mass is 32.1. The fraction of sp³-hybridized carbons (Fsp3) is 0.500. The minimum Gasteiger partial charge on any atom is -0.465 e. The van der Waals surface area contributed by atoms with Gasteiger partial charge < -0.3 is 9.64 Å². The number of fused-ring (bicyclic) bond motifs is 1. The first kappa shape index (κ1) is 15.8. The highest BCUT2D eigenvalue weighted by Crippen LogP contribution is 2.30. The Hall–Kier alpha value is -1.62. The van der Waals surface area contributed by atoms with Crippen molar-refractivity contribution in [3.05, 3.63) is 34.0 Å². The quantitative estimate of drug-likeness (QED) is 0.600. The molecule has 1 aromatic heterocycles. The number of aryl methyl sites for hydroxylation is 1. The van der Waals surface area contributed by atoms with Crippen LogP contribution in [0, 0.1) is 0 Å². The summed E-state index contributed by atoms with van der Waals surface area (Å²) in [6, 6.07) is 0. The Kier molecular flexibility index (Phi) is 5.56. The summed E-state index contributed by atoms with van der Waals surface area (Å²) in [4.78, 5) is 27.1. The maximum atomic E-state index is 12.7. The van der Waals surface area contributed by atoms with Crippen molar-refractivity contribution in [3.8, 4) is 0 Å². The molecule has 0 aliphatic heterocycles. The van der Waals surface area contributed by atoms with Crippen LogP contribution in [-0.2, 0) is 22.4 Å². The molecule has 4 nitrogen and oxygen atoms in total. The summed E-state index contributed by atoms with van der Waals surface area (Å²) in [5.41, 5.74) is 1.93. The van der Waals surface area contributed by atoms with Gasteiger partial charge in [-0.15, -0.1) is 17.9 Å². The molecule has 0 fully saturated rings. The standard InChI is InChI=1S/C16H21NO3S/c1-3-9-17(10-15(18)20-4-2)16(19)13-11-21-14-8-6-5-7-12(13)14/h3,11H,1,4-10H2,2H3. The van der Waals surface area contributed by atoms with Crippen molar-refractivity contribution in [3.63, 3.8) is 0 Å². The number of nitrogens with zero attached hydrogens (tertiary/aromatic N) is 1. The average molecular weight is 307 g/mol. The van der Waals surface area contributed by atoms with Crippen molar-refractivity contribution in [1.82, 2.24) is 4.90 Å². The second kappa shape index (κ2) is 7.41. The molecule has 0 N–H and O–H groups in total. The van der Waals surface area contributed by atoms with Crippen LogP contribution >= 0.6 is 11.3 Å². The van der Waals surface area contributed by atoms with E-state index in [1.165, 1.54) is 21.8 Å². The van der Waals surface area contributed by atoms with Crippen LogP contribution in [0.1, 0.15) is 40.6 Å². The van der Waals surface area contributed by atoms with Gasteiger partial charge in [0.25, 0.3) is 5.91 Å². The third-order valence-electron chi connectivity index (χ3n) is 3.55. The van der Waals surface area contributed by atoms with E-state index in [0.29, 0.717) is 13.2 Å². The molecule has 1 aromatic rings. The molecule has 2 rings (SSSR count). The van der Waals surface area contributed by atoms with Gasteiger partial charge in [-0.2, -0.15) is 0 Å². The van der Waals surface area contributed by atoms with Gasteiger partial charge in [0.2, 0.25) is 0 Å². The van der Waals surface area contributed by atoms with Gasteiger partial charge in [0.1, 0.15) is 6.54 Å². The molecule has 0 spiro atoms. The van der Waals surface area contributed by atoms with Gasteiger partial charge in [0, 0.05) is 16.8 Å². The van der Waals surface area contributed by atoms with Crippen molar-refractivity contribution < 1.29 is 14.3 Å². The lowest BCUT2D eigenvalue weighted by atomic mass is 9.95.